The molecular weight excluding hydrogens is 248 g/mol. The van der Waals surface area contributed by atoms with Gasteiger partial charge >= 0.3 is 0 Å². The van der Waals surface area contributed by atoms with E-state index in [9.17, 15) is 5.11 Å². The van der Waals surface area contributed by atoms with E-state index in [0.717, 1.165) is 38.5 Å². The van der Waals surface area contributed by atoms with Crippen molar-refractivity contribution in [3.63, 3.8) is 0 Å². The quantitative estimate of drug-likeness (QED) is 0.862. The van der Waals surface area contributed by atoms with E-state index in [4.69, 9.17) is 0 Å². The van der Waals surface area contributed by atoms with Crippen LogP contribution in [0.5, 0.6) is 0 Å². The number of rotatable bonds is 3. The van der Waals surface area contributed by atoms with Gasteiger partial charge in [0.2, 0.25) is 0 Å². The Morgan fingerprint density at radius 2 is 1.70 bits per heavy atom. The monoisotopic (exact) mass is 282 g/mol. The van der Waals surface area contributed by atoms with Gasteiger partial charge < -0.3 is 5.11 Å². The van der Waals surface area contributed by atoms with Gasteiger partial charge in [-0.05, 0) is 46.0 Å². The summed E-state index contributed by atoms with van der Waals surface area (Å²) in [6.45, 7) is 13.7. The summed E-state index contributed by atoms with van der Waals surface area (Å²) < 4.78 is 0. The third-order valence-electron chi connectivity index (χ3n) is 5.32. The van der Waals surface area contributed by atoms with Gasteiger partial charge in [-0.15, -0.1) is 0 Å². The van der Waals surface area contributed by atoms with Crippen LogP contribution in [0.3, 0.4) is 0 Å². The second kappa shape index (κ2) is 6.76. The van der Waals surface area contributed by atoms with Gasteiger partial charge in [0.25, 0.3) is 0 Å². The summed E-state index contributed by atoms with van der Waals surface area (Å²) in [5.74, 6) is 0.842. The predicted octanol–water partition coefficient (Wildman–Crippen LogP) is 2.73. The molecule has 0 aromatic rings. The molecule has 0 aromatic heterocycles. The highest BCUT2D eigenvalue weighted by molar-refractivity contribution is 4.90. The Balaban J connectivity index is 1.88. The number of hydrogen-bond acceptors (Lipinski definition) is 3. The van der Waals surface area contributed by atoms with E-state index < -0.39 is 0 Å². The molecule has 3 heteroatoms. The van der Waals surface area contributed by atoms with Crippen LogP contribution in [0.4, 0.5) is 0 Å². The molecule has 0 bridgehead atoms. The molecule has 0 radical (unpaired) electrons. The van der Waals surface area contributed by atoms with Crippen molar-refractivity contribution in [2.24, 2.45) is 5.92 Å². The fourth-order valence-corrected chi connectivity index (χ4v) is 4.00. The Hall–Kier alpha value is -0.120. The van der Waals surface area contributed by atoms with Crippen molar-refractivity contribution in [1.29, 1.82) is 0 Å². The maximum atomic E-state index is 10.4. The SMILES string of the molecule is CCCC1CCC(O)C(N2CCN(C(C)(C)C)CC2)C1. The Bertz CT molecular complexity index is 292. The third-order valence-corrected chi connectivity index (χ3v) is 5.32. The zero-order chi connectivity index (χ0) is 14.8. The first-order valence-corrected chi connectivity index (χ1v) is 8.59. The minimum absolute atomic E-state index is 0.0932. The van der Waals surface area contributed by atoms with Gasteiger partial charge in [-0.2, -0.15) is 0 Å². The van der Waals surface area contributed by atoms with Gasteiger partial charge in [0, 0.05) is 37.8 Å². The van der Waals surface area contributed by atoms with Crippen LogP contribution in [0.1, 0.15) is 59.8 Å². The molecule has 3 unspecified atom stereocenters. The zero-order valence-corrected chi connectivity index (χ0v) is 13.9. The van der Waals surface area contributed by atoms with Crippen molar-refractivity contribution in [3.05, 3.63) is 0 Å². The van der Waals surface area contributed by atoms with E-state index in [1.54, 1.807) is 0 Å². The molecule has 20 heavy (non-hydrogen) atoms. The predicted molar refractivity (Wildman–Crippen MR) is 84.9 cm³/mol. The first-order valence-electron chi connectivity index (χ1n) is 8.59. The topological polar surface area (TPSA) is 26.7 Å². The largest absolute Gasteiger partial charge is 0.391 e. The highest BCUT2D eigenvalue weighted by atomic mass is 16.3. The molecule has 0 amide bonds. The van der Waals surface area contributed by atoms with E-state index in [0.29, 0.717) is 6.04 Å². The van der Waals surface area contributed by atoms with Gasteiger partial charge in [0.15, 0.2) is 0 Å². The van der Waals surface area contributed by atoms with Crippen molar-refractivity contribution < 1.29 is 5.11 Å². The number of piperazine rings is 1. The summed E-state index contributed by atoms with van der Waals surface area (Å²) >= 11 is 0. The van der Waals surface area contributed by atoms with Gasteiger partial charge in [0.1, 0.15) is 0 Å². The highest BCUT2D eigenvalue weighted by Gasteiger charge is 2.35. The van der Waals surface area contributed by atoms with Crippen LogP contribution in [-0.2, 0) is 0 Å². The third kappa shape index (κ3) is 3.96. The minimum Gasteiger partial charge on any atom is -0.391 e. The molecule has 1 aliphatic heterocycles. The second-order valence-corrected chi connectivity index (χ2v) is 7.80. The molecule has 1 saturated heterocycles. The average molecular weight is 282 g/mol. The molecule has 2 rings (SSSR count). The van der Waals surface area contributed by atoms with E-state index >= 15 is 0 Å². The molecule has 1 heterocycles. The lowest BCUT2D eigenvalue weighted by atomic mass is 9.80. The van der Waals surface area contributed by atoms with Crippen molar-refractivity contribution in [1.82, 2.24) is 9.80 Å². The van der Waals surface area contributed by atoms with E-state index in [1.807, 2.05) is 0 Å². The first kappa shape index (κ1) is 16.3. The summed E-state index contributed by atoms with van der Waals surface area (Å²) in [4.78, 5) is 5.14. The van der Waals surface area contributed by atoms with Gasteiger partial charge in [-0.25, -0.2) is 0 Å². The van der Waals surface area contributed by atoms with Gasteiger partial charge in [-0.1, -0.05) is 19.8 Å². The molecule has 2 fully saturated rings. The number of aliphatic hydroxyl groups is 1. The van der Waals surface area contributed by atoms with E-state index in [1.165, 1.54) is 25.7 Å². The summed E-state index contributed by atoms with van der Waals surface area (Å²) in [5.41, 5.74) is 0.280. The van der Waals surface area contributed by atoms with Gasteiger partial charge in [-0.3, -0.25) is 9.80 Å². The minimum atomic E-state index is -0.0932. The van der Waals surface area contributed by atoms with Gasteiger partial charge in [0.05, 0.1) is 6.10 Å². The van der Waals surface area contributed by atoms with Crippen LogP contribution in [0, 0.1) is 5.92 Å². The smallest absolute Gasteiger partial charge is 0.0695 e. The van der Waals surface area contributed by atoms with Crippen LogP contribution in [0.25, 0.3) is 0 Å². The lowest BCUT2D eigenvalue weighted by Crippen LogP contribution is -2.58. The van der Waals surface area contributed by atoms with Crippen LogP contribution >= 0.6 is 0 Å². The molecule has 2 aliphatic rings. The Morgan fingerprint density at radius 3 is 2.25 bits per heavy atom. The second-order valence-electron chi connectivity index (χ2n) is 7.80. The van der Waals surface area contributed by atoms with Crippen LogP contribution in [-0.4, -0.2) is 58.8 Å². The lowest BCUT2D eigenvalue weighted by molar-refractivity contribution is -0.0310. The molecule has 0 aromatic carbocycles. The first-order chi connectivity index (χ1) is 9.41. The molecule has 1 saturated carbocycles. The van der Waals surface area contributed by atoms with Crippen LogP contribution < -0.4 is 0 Å². The lowest BCUT2D eigenvalue weighted by Gasteiger charge is -2.47. The molecular formula is C17H34N2O. The van der Waals surface area contributed by atoms with Crippen molar-refractivity contribution in [3.8, 4) is 0 Å². The number of hydrogen-bond donors (Lipinski definition) is 1. The fraction of sp³-hybridized carbons (Fsp3) is 1.00. The van der Waals surface area contributed by atoms with Crippen LogP contribution in [0.2, 0.25) is 0 Å². The normalized spacial score (nSPS) is 34.4. The molecule has 3 nitrogen and oxygen atoms in total. The number of nitrogens with zero attached hydrogens (tertiary/aromatic N) is 2. The Kier molecular flexibility index (Phi) is 5.49. The zero-order valence-electron chi connectivity index (χ0n) is 13.9. The van der Waals surface area contributed by atoms with Crippen molar-refractivity contribution in [2.45, 2.75) is 77.5 Å². The Labute approximate surface area is 125 Å². The molecule has 0 spiro atoms. The molecule has 1 aliphatic carbocycles. The summed E-state index contributed by atoms with van der Waals surface area (Å²) in [6, 6.07) is 0.419. The number of aliphatic hydroxyl groups excluding tert-OH is 1. The Morgan fingerprint density at radius 1 is 1.05 bits per heavy atom. The maximum absolute atomic E-state index is 10.4. The van der Waals surface area contributed by atoms with Crippen molar-refractivity contribution >= 4 is 0 Å². The van der Waals surface area contributed by atoms with E-state index in [2.05, 4.69) is 37.5 Å². The maximum Gasteiger partial charge on any atom is 0.0695 e. The summed E-state index contributed by atoms with van der Waals surface area (Å²) in [5, 5.41) is 10.4. The molecule has 1 N–H and O–H groups in total. The summed E-state index contributed by atoms with van der Waals surface area (Å²) in [6.07, 6.45) is 5.98. The standard InChI is InChI=1S/C17H34N2O/c1-5-6-14-7-8-16(20)15(13-14)18-9-11-19(12-10-18)17(2,3)4/h14-16,20H,5-13H2,1-4H3. The highest BCUT2D eigenvalue weighted by Crippen LogP contribution is 2.32. The van der Waals surface area contributed by atoms with E-state index in [-0.39, 0.29) is 11.6 Å². The average Bonchev–Trinajstić information content (AvgIpc) is 2.40. The molecule has 3 atom stereocenters. The van der Waals surface area contributed by atoms with Crippen molar-refractivity contribution in [2.75, 3.05) is 26.2 Å². The molecule has 118 valence electrons. The van der Waals surface area contributed by atoms with Crippen LogP contribution in [0.15, 0.2) is 0 Å². The summed E-state index contributed by atoms with van der Waals surface area (Å²) in [7, 11) is 0. The fourth-order valence-electron chi connectivity index (χ4n) is 4.00.